The molecule has 4 aliphatic rings. The Bertz CT molecular complexity index is 754. The second-order valence-corrected chi connectivity index (χ2v) is 9.18. The van der Waals surface area contributed by atoms with Gasteiger partial charge in [0.1, 0.15) is 5.69 Å². The average Bonchev–Trinajstić information content (AvgIpc) is 3.14. The van der Waals surface area contributed by atoms with Crippen molar-refractivity contribution in [3.8, 4) is 0 Å². The molecule has 0 unspecified atom stereocenters. The highest BCUT2D eigenvalue weighted by Crippen LogP contribution is 2.39. The maximum absolute atomic E-state index is 12.7. The first kappa shape index (κ1) is 18.2. The molecule has 0 aromatic carbocycles. The molecule has 4 saturated heterocycles. The van der Waals surface area contributed by atoms with Gasteiger partial charge in [-0.05, 0) is 50.0 Å². The number of hydrogen-bond donors (Lipinski definition) is 0. The third-order valence-corrected chi connectivity index (χ3v) is 7.52. The third kappa shape index (κ3) is 3.13. The van der Waals surface area contributed by atoms with Crippen LogP contribution in [0.3, 0.4) is 0 Å². The predicted octanol–water partition coefficient (Wildman–Crippen LogP) is 1.36. The van der Waals surface area contributed by atoms with Crippen molar-refractivity contribution in [1.29, 1.82) is 0 Å². The molecular weight excluding hydrogens is 354 g/mol. The highest BCUT2D eigenvalue weighted by Gasteiger charge is 2.45. The summed E-state index contributed by atoms with van der Waals surface area (Å²) in [5.41, 5.74) is 0.674. The summed E-state index contributed by atoms with van der Waals surface area (Å²) in [6.45, 7) is 4.87. The molecule has 152 valence electrons. The summed E-state index contributed by atoms with van der Waals surface area (Å²) >= 11 is 0. The molecule has 2 bridgehead atoms. The van der Waals surface area contributed by atoms with Gasteiger partial charge in [-0.2, -0.15) is 5.10 Å². The summed E-state index contributed by atoms with van der Waals surface area (Å²) in [5.74, 6) is 1.77. The van der Waals surface area contributed by atoms with Crippen molar-refractivity contribution in [2.24, 2.45) is 18.9 Å². The lowest BCUT2D eigenvalue weighted by Gasteiger charge is -2.54. The Morgan fingerprint density at radius 1 is 1.14 bits per heavy atom. The molecular formula is C21H31N5O2. The molecule has 7 nitrogen and oxygen atoms in total. The van der Waals surface area contributed by atoms with Crippen LogP contribution < -0.4 is 0 Å². The van der Waals surface area contributed by atoms with Gasteiger partial charge in [0, 0.05) is 64.5 Å². The molecule has 28 heavy (non-hydrogen) atoms. The summed E-state index contributed by atoms with van der Waals surface area (Å²) in [5, 5.41) is 4.12. The average molecular weight is 386 g/mol. The van der Waals surface area contributed by atoms with E-state index in [4.69, 9.17) is 0 Å². The van der Waals surface area contributed by atoms with Crippen LogP contribution in [0.1, 0.15) is 49.0 Å². The fourth-order valence-corrected chi connectivity index (χ4v) is 6.13. The number of nitrogens with zero attached hydrogens (tertiary/aromatic N) is 5. The standard InChI is InChI=1S/C21H31N5O2/c1-23-19(5-8-22-23)21(28)24-9-6-17(7-10-24)25-12-15-11-16(14-25)18-3-2-4-20(27)26(18)13-15/h5,8,15-18H,2-4,6-7,9-14H2,1H3/t15-,16-,18-/m1/s1. The lowest BCUT2D eigenvalue weighted by Crippen LogP contribution is -2.62. The number of likely N-dealkylation sites (tertiary alicyclic amines) is 2. The lowest BCUT2D eigenvalue weighted by molar-refractivity contribution is -0.145. The number of amides is 2. The minimum absolute atomic E-state index is 0.102. The summed E-state index contributed by atoms with van der Waals surface area (Å²) in [6, 6.07) is 2.86. The van der Waals surface area contributed by atoms with Gasteiger partial charge in [-0.3, -0.25) is 19.2 Å². The van der Waals surface area contributed by atoms with Crippen molar-refractivity contribution >= 4 is 11.8 Å². The van der Waals surface area contributed by atoms with Crippen LogP contribution in [-0.2, 0) is 11.8 Å². The summed E-state index contributed by atoms with van der Waals surface area (Å²) < 4.78 is 1.66. The molecule has 0 radical (unpaired) electrons. The maximum atomic E-state index is 12.7. The Balaban J connectivity index is 1.20. The van der Waals surface area contributed by atoms with Gasteiger partial charge in [0.25, 0.3) is 5.91 Å². The first-order valence-electron chi connectivity index (χ1n) is 10.9. The normalized spacial score (nSPS) is 31.8. The Labute approximate surface area is 166 Å². The van der Waals surface area contributed by atoms with Crippen molar-refractivity contribution < 1.29 is 9.59 Å². The van der Waals surface area contributed by atoms with Gasteiger partial charge >= 0.3 is 0 Å². The fourth-order valence-electron chi connectivity index (χ4n) is 6.13. The zero-order valence-electron chi connectivity index (χ0n) is 16.8. The van der Waals surface area contributed by atoms with Crippen LogP contribution in [0.25, 0.3) is 0 Å². The van der Waals surface area contributed by atoms with Crippen LogP contribution in [-0.4, -0.2) is 81.1 Å². The van der Waals surface area contributed by atoms with E-state index in [1.54, 1.807) is 16.9 Å². The van der Waals surface area contributed by atoms with Crippen LogP contribution in [0.15, 0.2) is 12.3 Å². The van der Waals surface area contributed by atoms with Crippen LogP contribution >= 0.6 is 0 Å². The van der Waals surface area contributed by atoms with Gasteiger partial charge < -0.3 is 9.80 Å². The van der Waals surface area contributed by atoms with Gasteiger partial charge in [-0.1, -0.05) is 0 Å². The smallest absolute Gasteiger partial charge is 0.272 e. The molecule has 5 rings (SSSR count). The van der Waals surface area contributed by atoms with E-state index < -0.39 is 0 Å². The van der Waals surface area contributed by atoms with Crippen LogP contribution in [0, 0.1) is 11.8 Å². The zero-order valence-corrected chi connectivity index (χ0v) is 16.8. The van der Waals surface area contributed by atoms with Gasteiger partial charge in [0.05, 0.1) is 0 Å². The second kappa shape index (κ2) is 7.17. The molecule has 1 aromatic rings. The van der Waals surface area contributed by atoms with E-state index in [0.717, 1.165) is 58.4 Å². The van der Waals surface area contributed by atoms with E-state index in [1.807, 2.05) is 11.9 Å². The maximum Gasteiger partial charge on any atom is 0.272 e. The molecule has 0 saturated carbocycles. The molecule has 4 aliphatic heterocycles. The van der Waals surface area contributed by atoms with Gasteiger partial charge in [-0.25, -0.2) is 0 Å². The van der Waals surface area contributed by atoms with Gasteiger partial charge in [0.2, 0.25) is 5.91 Å². The highest BCUT2D eigenvalue weighted by molar-refractivity contribution is 5.92. The minimum Gasteiger partial charge on any atom is -0.339 e. The van der Waals surface area contributed by atoms with Crippen molar-refractivity contribution in [2.75, 3.05) is 32.7 Å². The van der Waals surface area contributed by atoms with E-state index >= 15 is 0 Å². The SMILES string of the molecule is Cn1nccc1C(=O)N1CCC(N2C[C@H]3C[C@H](C2)[C@H]2CCCC(=O)N2C3)CC1. The summed E-state index contributed by atoms with van der Waals surface area (Å²) in [7, 11) is 1.83. The number of piperidine rings is 4. The molecule has 4 fully saturated rings. The number of carbonyl (C=O) groups excluding carboxylic acids is 2. The first-order chi connectivity index (χ1) is 13.6. The van der Waals surface area contributed by atoms with E-state index in [1.165, 1.54) is 12.8 Å². The van der Waals surface area contributed by atoms with E-state index in [9.17, 15) is 9.59 Å². The van der Waals surface area contributed by atoms with Crippen molar-refractivity contribution in [3.63, 3.8) is 0 Å². The molecule has 7 heteroatoms. The minimum atomic E-state index is 0.102. The number of fused-ring (bicyclic) bond motifs is 4. The summed E-state index contributed by atoms with van der Waals surface area (Å²) in [6.07, 6.45) is 8.09. The van der Waals surface area contributed by atoms with Crippen LogP contribution in [0.2, 0.25) is 0 Å². The van der Waals surface area contributed by atoms with Crippen molar-refractivity contribution in [2.45, 2.75) is 50.6 Å². The quantitative estimate of drug-likeness (QED) is 0.771. The van der Waals surface area contributed by atoms with E-state index in [0.29, 0.717) is 35.5 Å². The van der Waals surface area contributed by atoms with E-state index in [2.05, 4.69) is 14.9 Å². The van der Waals surface area contributed by atoms with Crippen molar-refractivity contribution in [1.82, 2.24) is 24.5 Å². The molecule has 0 spiro atoms. The molecule has 3 atom stereocenters. The second-order valence-electron chi connectivity index (χ2n) is 9.18. The molecule has 0 N–H and O–H groups in total. The Hall–Kier alpha value is -1.89. The van der Waals surface area contributed by atoms with Crippen LogP contribution in [0.4, 0.5) is 0 Å². The van der Waals surface area contributed by atoms with Gasteiger partial charge in [0.15, 0.2) is 0 Å². The topological polar surface area (TPSA) is 61.7 Å². The number of carbonyl (C=O) groups is 2. The molecule has 0 aliphatic carbocycles. The largest absolute Gasteiger partial charge is 0.339 e. The number of rotatable bonds is 2. The fraction of sp³-hybridized carbons (Fsp3) is 0.762. The van der Waals surface area contributed by atoms with Crippen molar-refractivity contribution in [3.05, 3.63) is 18.0 Å². The Morgan fingerprint density at radius 3 is 2.71 bits per heavy atom. The Morgan fingerprint density at radius 2 is 1.96 bits per heavy atom. The highest BCUT2D eigenvalue weighted by atomic mass is 16.2. The number of aryl methyl sites for hydroxylation is 1. The summed E-state index contributed by atoms with van der Waals surface area (Å²) in [4.78, 5) is 32.0. The van der Waals surface area contributed by atoms with E-state index in [-0.39, 0.29) is 5.91 Å². The lowest BCUT2D eigenvalue weighted by atomic mass is 9.75. The molecule has 5 heterocycles. The van der Waals surface area contributed by atoms with Gasteiger partial charge in [-0.15, -0.1) is 0 Å². The number of aromatic nitrogens is 2. The number of hydrogen-bond acceptors (Lipinski definition) is 4. The molecule has 2 amide bonds. The third-order valence-electron chi connectivity index (χ3n) is 7.52. The first-order valence-corrected chi connectivity index (χ1v) is 10.9. The molecule has 1 aromatic heterocycles. The predicted molar refractivity (Wildman–Crippen MR) is 105 cm³/mol. The Kier molecular flexibility index (Phi) is 4.65. The van der Waals surface area contributed by atoms with Crippen LogP contribution in [0.5, 0.6) is 0 Å². The monoisotopic (exact) mass is 385 g/mol. The zero-order chi connectivity index (χ0) is 19.3.